The molecule has 5 nitrogen and oxygen atoms in total. The normalized spacial score (nSPS) is 11.3. The molecule has 0 aromatic carbocycles. The third kappa shape index (κ3) is 3.88. The van der Waals surface area contributed by atoms with Crippen LogP contribution < -0.4 is 10.9 Å². The highest BCUT2D eigenvalue weighted by molar-refractivity contribution is 5.75. The van der Waals surface area contributed by atoms with Crippen LogP contribution in [0.15, 0.2) is 23.1 Å². The lowest BCUT2D eigenvalue weighted by atomic mass is 10.3. The van der Waals surface area contributed by atoms with Crippen LogP contribution in [0.2, 0.25) is 0 Å². The number of nitrogens with zero attached hydrogens (tertiary/aromatic N) is 1. The molecule has 0 aliphatic rings. The van der Waals surface area contributed by atoms with E-state index in [1.807, 2.05) is 0 Å². The number of nitrogens with one attached hydrogen (secondary N) is 1. The fraction of sp³-hybridized carbons (Fsp3) is 0.400. The van der Waals surface area contributed by atoms with Crippen molar-refractivity contribution >= 4 is 5.91 Å². The molecule has 0 bridgehead atoms. The van der Waals surface area contributed by atoms with Gasteiger partial charge in [0, 0.05) is 18.8 Å². The first-order chi connectivity index (χ1) is 8.34. The van der Waals surface area contributed by atoms with Gasteiger partial charge in [-0.1, -0.05) is 0 Å². The van der Waals surface area contributed by atoms with Crippen LogP contribution in [-0.4, -0.2) is 28.7 Å². The summed E-state index contributed by atoms with van der Waals surface area (Å²) in [5.74, 6) is -0.648. The Morgan fingerprint density at radius 2 is 2.06 bits per heavy atom. The predicted molar refractivity (Wildman–Crippen MR) is 55.8 cm³/mol. The Bertz CT molecular complexity index is 482. The van der Waals surface area contributed by atoms with Crippen molar-refractivity contribution in [1.82, 2.24) is 9.88 Å². The lowest BCUT2D eigenvalue weighted by molar-refractivity contribution is -0.138. The van der Waals surface area contributed by atoms with Crippen molar-refractivity contribution in [2.24, 2.45) is 0 Å². The molecular weight excluding hydrogens is 253 g/mol. The molecule has 1 amide bonds. The van der Waals surface area contributed by atoms with Crippen molar-refractivity contribution in [3.05, 3.63) is 34.2 Å². The van der Waals surface area contributed by atoms with Crippen molar-refractivity contribution < 1.29 is 23.1 Å². The first kappa shape index (κ1) is 14.2. The molecule has 18 heavy (non-hydrogen) atoms. The Kier molecular flexibility index (Phi) is 4.49. The lowest BCUT2D eigenvalue weighted by Crippen LogP contribution is -2.33. The molecule has 0 saturated heterocycles. The van der Waals surface area contributed by atoms with Crippen LogP contribution in [0.3, 0.4) is 0 Å². The van der Waals surface area contributed by atoms with Gasteiger partial charge in [0.2, 0.25) is 5.91 Å². The second kappa shape index (κ2) is 5.67. The van der Waals surface area contributed by atoms with Crippen LogP contribution >= 0.6 is 0 Å². The van der Waals surface area contributed by atoms with E-state index in [0.29, 0.717) is 16.8 Å². The van der Waals surface area contributed by atoms with Gasteiger partial charge in [-0.05, 0) is 6.07 Å². The zero-order chi connectivity index (χ0) is 13.8. The number of rotatable bonds is 4. The maximum atomic E-state index is 12.4. The zero-order valence-electron chi connectivity index (χ0n) is 9.20. The second-order valence-electron chi connectivity index (χ2n) is 3.46. The summed E-state index contributed by atoms with van der Waals surface area (Å²) in [5.41, 5.74) is -1.71. The molecule has 100 valence electrons. The van der Waals surface area contributed by atoms with Crippen molar-refractivity contribution in [2.45, 2.75) is 12.7 Å². The van der Waals surface area contributed by atoms with Gasteiger partial charge in [-0.25, -0.2) is 0 Å². The van der Waals surface area contributed by atoms with Crippen molar-refractivity contribution in [3.8, 4) is 0 Å². The number of alkyl halides is 3. The van der Waals surface area contributed by atoms with Crippen molar-refractivity contribution in [2.75, 3.05) is 13.2 Å². The molecule has 0 saturated carbocycles. The van der Waals surface area contributed by atoms with Gasteiger partial charge in [0.25, 0.3) is 5.56 Å². The maximum absolute atomic E-state index is 12.4. The summed E-state index contributed by atoms with van der Waals surface area (Å²) >= 11 is 0. The Balaban J connectivity index is 2.88. The van der Waals surface area contributed by atoms with Gasteiger partial charge >= 0.3 is 6.18 Å². The second-order valence-corrected chi connectivity index (χ2v) is 3.46. The van der Waals surface area contributed by atoms with E-state index in [2.05, 4.69) is 5.32 Å². The van der Waals surface area contributed by atoms with Gasteiger partial charge < -0.3 is 15.0 Å². The Morgan fingerprint density at radius 3 is 2.61 bits per heavy atom. The van der Waals surface area contributed by atoms with Crippen LogP contribution in [0.25, 0.3) is 0 Å². The van der Waals surface area contributed by atoms with Gasteiger partial charge in [0.05, 0.1) is 12.2 Å². The molecule has 1 rings (SSSR count). The number of amides is 1. The molecule has 0 fully saturated rings. The highest BCUT2D eigenvalue weighted by Gasteiger charge is 2.31. The predicted octanol–water partition coefficient (Wildman–Crippen LogP) is -0.0244. The Labute approximate surface area is 99.8 Å². The number of aromatic nitrogens is 1. The number of aliphatic hydroxyl groups is 1. The number of halogens is 3. The third-order valence-corrected chi connectivity index (χ3v) is 2.06. The number of hydrogen-bond acceptors (Lipinski definition) is 3. The fourth-order valence-electron chi connectivity index (χ4n) is 1.23. The van der Waals surface area contributed by atoms with Crippen LogP contribution in [0.5, 0.6) is 0 Å². The summed E-state index contributed by atoms with van der Waals surface area (Å²) in [6.07, 6.45) is -3.99. The number of carbonyl (C=O) groups is 1. The molecule has 2 N–H and O–H groups in total. The minimum atomic E-state index is -4.57. The fourth-order valence-corrected chi connectivity index (χ4v) is 1.23. The molecule has 0 spiro atoms. The highest BCUT2D eigenvalue weighted by atomic mass is 19.4. The SMILES string of the molecule is O=C(Cn1cc(C(F)(F)F)ccc1=O)NCCO. The van der Waals surface area contributed by atoms with E-state index in [9.17, 15) is 22.8 Å². The first-order valence-corrected chi connectivity index (χ1v) is 5.00. The number of hydrogen-bond donors (Lipinski definition) is 2. The molecule has 0 atom stereocenters. The summed E-state index contributed by atoms with van der Waals surface area (Å²) in [4.78, 5) is 22.5. The van der Waals surface area contributed by atoms with Gasteiger partial charge in [0.15, 0.2) is 0 Å². The van der Waals surface area contributed by atoms with Gasteiger partial charge in [-0.3, -0.25) is 9.59 Å². The minimum absolute atomic E-state index is 0.0213. The topological polar surface area (TPSA) is 71.3 Å². The first-order valence-electron chi connectivity index (χ1n) is 5.00. The molecular formula is C10H11F3N2O3. The summed E-state index contributed by atoms with van der Waals surface area (Å²) < 4.78 is 37.8. The Morgan fingerprint density at radius 1 is 1.39 bits per heavy atom. The monoisotopic (exact) mass is 264 g/mol. The molecule has 1 heterocycles. The minimum Gasteiger partial charge on any atom is -0.395 e. The van der Waals surface area contributed by atoms with E-state index in [4.69, 9.17) is 5.11 Å². The van der Waals surface area contributed by atoms with E-state index in [1.165, 1.54) is 0 Å². The molecule has 0 radical (unpaired) electrons. The van der Waals surface area contributed by atoms with Crippen LogP contribution in [0.4, 0.5) is 13.2 Å². The summed E-state index contributed by atoms with van der Waals surface area (Å²) in [6.45, 7) is -0.835. The zero-order valence-corrected chi connectivity index (χ0v) is 9.20. The van der Waals surface area contributed by atoms with Crippen molar-refractivity contribution in [1.29, 1.82) is 0 Å². The lowest BCUT2D eigenvalue weighted by Gasteiger charge is -2.10. The average Bonchev–Trinajstić information content (AvgIpc) is 2.28. The molecule has 0 aliphatic heterocycles. The maximum Gasteiger partial charge on any atom is 0.417 e. The smallest absolute Gasteiger partial charge is 0.395 e. The summed E-state index contributed by atoms with van der Waals surface area (Å²) in [6, 6.07) is 1.41. The van der Waals surface area contributed by atoms with Crippen LogP contribution in [0.1, 0.15) is 5.56 Å². The van der Waals surface area contributed by atoms with Gasteiger partial charge in [-0.15, -0.1) is 0 Å². The van der Waals surface area contributed by atoms with Crippen LogP contribution in [-0.2, 0) is 17.5 Å². The number of pyridine rings is 1. The van der Waals surface area contributed by atoms with E-state index < -0.39 is 29.8 Å². The molecule has 8 heteroatoms. The largest absolute Gasteiger partial charge is 0.417 e. The third-order valence-electron chi connectivity index (χ3n) is 2.06. The molecule has 0 aliphatic carbocycles. The molecule has 1 aromatic rings. The van der Waals surface area contributed by atoms with E-state index >= 15 is 0 Å². The van der Waals surface area contributed by atoms with Gasteiger partial charge in [0.1, 0.15) is 6.54 Å². The van der Waals surface area contributed by atoms with E-state index in [1.54, 1.807) is 0 Å². The van der Waals surface area contributed by atoms with Crippen LogP contribution in [0, 0.1) is 0 Å². The van der Waals surface area contributed by atoms with E-state index in [0.717, 1.165) is 6.07 Å². The Hall–Kier alpha value is -1.83. The molecule has 1 aromatic heterocycles. The highest BCUT2D eigenvalue weighted by Crippen LogP contribution is 2.27. The van der Waals surface area contributed by atoms with Crippen molar-refractivity contribution in [3.63, 3.8) is 0 Å². The average molecular weight is 264 g/mol. The quantitative estimate of drug-likeness (QED) is 0.802. The standard InChI is InChI=1S/C10H11F3N2O3/c11-10(12,13)7-1-2-9(18)15(5-7)6-8(17)14-3-4-16/h1-2,5,16H,3-4,6H2,(H,14,17). The number of aliphatic hydroxyl groups excluding tert-OH is 1. The molecule has 0 unspecified atom stereocenters. The summed E-state index contributed by atoms with van der Waals surface area (Å²) in [5, 5.41) is 10.7. The van der Waals surface area contributed by atoms with Gasteiger partial charge in [-0.2, -0.15) is 13.2 Å². The number of carbonyl (C=O) groups excluding carboxylic acids is 1. The van der Waals surface area contributed by atoms with E-state index in [-0.39, 0.29) is 13.2 Å². The summed E-state index contributed by atoms with van der Waals surface area (Å²) in [7, 11) is 0.